The maximum Gasteiger partial charge on any atom is 0.416 e. The Balaban J connectivity index is 1.78. The quantitative estimate of drug-likeness (QED) is 0.304. The first-order chi connectivity index (χ1) is 17.0. The number of nitroso groups, excluding NO2 is 1. The molecule has 0 bridgehead atoms. The van der Waals surface area contributed by atoms with Gasteiger partial charge in [-0.2, -0.15) is 13.2 Å². The molecule has 1 aliphatic heterocycles. The molecule has 0 spiro atoms. The number of aromatic nitrogens is 1. The molecule has 3 rings (SSSR count). The van der Waals surface area contributed by atoms with Gasteiger partial charge in [0.1, 0.15) is 17.3 Å². The molecule has 0 saturated carbocycles. The standard InChI is InChI=1S/C24H25F3N6O3/c1-13-14(2)33(12-19(13)31-21(28)8-9-22(29)32-35)23(34)18-10-20(36-3)17(11-30-18)15-4-6-16(7-5-15)24(25,26)27/h4-11,13-14,19,29H,12H2,1-3H3,(H2,28,31)/b9-8-,29-22?/t13-,14+,19+/m0/s1. The number of benzene rings is 1. The molecule has 1 amide bonds. The number of carbonyl (C=O) groups is 1. The van der Waals surface area contributed by atoms with Gasteiger partial charge in [-0.25, -0.2) is 0 Å². The molecule has 2 aromatic rings. The second-order valence-corrected chi connectivity index (χ2v) is 8.38. The number of hydrogen-bond acceptors (Lipinski definition) is 6. The third kappa shape index (κ3) is 5.75. The Morgan fingerprint density at radius 3 is 2.47 bits per heavy atom. The minimum absolute atomic E-state index is 0.0255. The number of nitrogens with one attached hydrogen (secondary N) is 3. The second kappa shape index (κ2) is 10.7. The van der Waals surface area contributed by atoms with E-state index in [1.807, 2.05) is 13.8 Å². The number of alkyl halides is 3. The zero-order chi connectivity index (χ0) is 26.6. The van der Waals surface area contributed by atoms with Crippen molar-refractivity contribution in [1.82, 2.24) is 15.2 Å². The summed E-state index contributed by atoms with van der Waals surface area (Å²) in [4.78, 5) is 29.4. The highest BCUT2D eigenvalue weighted by Crippen LogP contribution is 2.34. The number of rotatable bonds is 6. The van der Waals surface area contributed by atoms with Gasteiger partial charge >= 0.3 is 6.18 Å². The summed E-state index contributed by atoms with van der Waals surface area (Å²) in [6.45, 7) is 4.10. The van der Waals surface area contributed by atoms with E-state index in [-0.39, 0.29) is 42.0 Å². The zero-order valence-corrected chi connectivity index (χ0v) is 19.8. The number of pyridine rings is 1. The number of halogens is 3. The summed E-state index contributed by atoms with van der Waals surface area (Å²) in [5, 5.41) is 20.6. The van der Waals surface area contributed by atoms with Crippen molar-refractivity contribution >= 4 is 17.6 Å². The summed E-state index contributed by atoms with van der Waals surface area (Å²) in [5.74, 6) is -0.626. The van der Waals surface area contributed by atoms with Crippen LogP contribution < -0.4 is 10.1 Å². The fourth-order valence-corrected chi connectivity index (χ4v) is 3.98. The first kappa shape index (κ1) is 26.5. The summed E-state index contributed by atoms with van der Waals surface area (Å²) >= 11 is 0. The first-order valence-electron chi connectivity index (χ1n) is 10.9. The van der Waals surface area contributed by atoms with Gasteiger partial charge in [0.15, 0.2) is 5.84 Å². The van der Waals surface area contributed by atoms with Crippen LogP contribution in [-0.4, -0.2) is 53.2 Å². The van der Waals surface area contributed by atoms with Crippen LogP contribution in [-0.2, 0) is 6.18 Å². The molecule has 12 heteroatoms. The van der Waals surface area contributed by atoms with Crippen LogP contribution in [0.5, 0.6) is 5.75 Å². The molecule has 1 aliphatic rings. The highest BCUT2D eigenvalue weighted by atomic mass is 19.4. The van der Waals surface area contributed by atoms with E-state index in [0.717, 1.165) is 18.2 Å². The van der Waals surface area contributed by atoms with Crippen molar-refractivity contribution in [3.63, 3.8) is 0 Å². The molecule has 1 aromatic carbocycles. The van der Waals surface area contributed by atoms with Crippen LogP contribution in [0.1, 0.15) is 29.9 Å². The number of nitrogens with zero attached hydrogens (tertiary/aromatic N) is 3. The minimum atomic E-state index is -4.45. The molecule has 3 N–H and O–H groups in total. The van der Waals surface area contributed by atoms with Crippen molar-refractivity contribution in [2.24, 2.45) is 11.1 Å². The van der Waals surface area contributed by atoms with Gasteiger partial charge in [0.05, 0.1) is 12.7 Å². The van der Waals surface area contributed by atoms with Crippen molar-refractivity contribution < 1.29 is 22.7 Å². The second-order valence-electron chi connectivity index (χ2n) is 8.38. The van der Waals surface area contributed by atoms with E-state index in [4.69, 9.17) is 15.6 Å². The van der Waals surface area contributed by atoms with Crippen LogP contribution in [0, 0.1) is 21.6 Å². The van der Waals surface area contributed by atoms with Crippen LogP contribution in [0.2, 0.25) is 0 Å². The summed E-state index contributed by atoms with van der Waals surface area (Å²) in [6.07, 6.45) is -0.705. The lowest BCUT2D eigenvalue weighted by Gasteiger charge is -2.23. The average Bonchev–Trinajstić information content (AvgIpc) is 3.14. The molecular formula is C24H25F3N6O3. The van der Waals surface area contributed by atoms with Crippen LogP contribution in [0.4, 0.5) is 13.2 Å². The lowest BCUT2D eigenvalue weighted by atomic mass is 10.00. The molecule has 1 aromatic heterocycles. The van der Waals surface area contributed by atoms with Crippen molar-refractivity contribution in [2.45, 2.75) is 32.1 Å². The van der Waals surface area contributed by atoms with Crippen LogP contribution in [0.3, 0.4) is 0 Å². The van der Waals surface area contributed by atoms with Crippen molar-refractivity contribution in [2.75, 3.05) is 13.7 Å². The van der Waals surface area contributed by atoms with Crippen LogP contribution in [0.25, 0.3) is 11.1 Å². The van der Waals surface area contributed by atoms with Gasteiger partial charge in [-0.05, 0) is 47.9 Å². The van der Waals surface area contributed by atoms with Gasteiger partial charge in [-0.15, -0.1) is 4.91 Å². The summed E-state index contributed by atoms with van der Waals surface area (Å²) in [6, 6.07) is 5.59. The Morgan fingerprint density at radius 1 is 1.22 bits per heavy atom. The molecule has 9 nitrogen and oxygen atoms in total. The van der Waals surface area contributed by atoms with E-state index in [1.54, 1.807) is 4.90 Å². The Morgan fingerprint density at radius 2 is 1.89 bits per heavy atom. The molecule has 190 valence electrons. The third-order valence-corrected chi connectivity index (χ3v) is 6.22. The summed E-state index contributed by atoms with van der Waals surface area (Å²) in [7, 11) is 1.40. The Bertz CT molecular complexity index is 1200. The van der Waals surface area contributed by atoms with Gasteiger partial charge in [-0.3, -0.25) is 20.6 Å². The SMILES string of the molecule is COc1cc(C(=O)N2C[C@@H](NC(=N)/C=C\C(=N)N=O)[C@@H](C)[C@H]2C)ncc1-c1ccc(C(F)(F)F)cc1. The van der Waals surface area contributed by atoms with Crippen LogP contribution in [0.15, 0.2) is 53.9 Å². The van der Waals surface area contributed by atoms with Gasteiger partial charge in [0.25, 0.3) is 5.91 Å². The number of ether oxygens (including phenoxy) is 1. The first-order valence-corrected chi connectivity index (χ1v) is 10.9. The Kier molecular flexibility index (Phi) is 7.86. The number of carbonyl (C=O) groups excluding carboxylic acids is 1. The summed E-state index contributed by atoms with van der Waals surface area (Å²) < 4.78 is 44.0. The molecule has 2 heterocycles. The number of amidine groups is 2. The summed E-state index contributed by atoms with van der Waals surface area (Å²) in [5.41, 5.74) is 0.249. The molecule has 0 aliphatic carbocycles. The largest absolute Gasteiger partial charge is 0.496 e. The molecular weight excluding hydrogens is 477 g/mol. The molecule has 36 heavy (non-hydrogen) atoms. The topological polar surface area (TPSA) is 132 Å². The fraction of sp³-hybridized carbons (Fsp3) is 0.333. The Hall–Kier alpha value is -4.09. The highest BCUT2D eigenvalue weighted by molar-refractivity contribution is 5.99. The number of likely N-dealkylation sites (tertiary alicyclic amines) is 1. The zero-order valence-electron chi connectivity index (χ0n) is 19.8. The highest BCUT2D eigenvalue weighted by Gasteiger charge is 2.39. The molecule has 1 fully saturated rings. The molecule has 0 unspecified atom stereocenters. The van der Waals surface area contributed by atoms with E-state index in [0.29, 0.717) is 16.9 Å². The van der Waals surface area contributed by atoms with Crippen LogP contribution >= 0.6 is 0 Å². The number of amides is 1. The molecule has 1 saturated heterocycles. The van der Waals surface area contributed by atoms with Gasteiger partial charge in [0, 0.05) is 36.5 Å². The van der Waals surface area contributed by atoms with E-state index in [1.165, 1.54) is 37.6 Å². The van der Waals surface area contributed by atoms with Crippen molar-refractivity contribution in [1.29, 1.82) is 10.8 Å². The number of hydrogen-bond donors (Lipinski definition) is 3. The third-order valence-electron chi connectivity index (χ3n) is 6.22. The van der Waals surface area contributed by atoms with Gasteiger partial charge in [-0.1, -0.05) is 19.1 Å². The predicted molar refractivity (Wildman–Crippen MR) is 128 cm³/mol. The van der Waals surface area contributed by atoms with Crippen molar-refractivity contribution in [3.8, 4) is 16.9 Å². The minimum Gasteiger partial charge on any atom is -0.496 e. The maximum atomic E-state index is 13.3. The molecule has 3 atom stereocenters. The van der Waals surface area contributed by atoms with E-state index in [2.05, 4.69) is 15.5 Å². The average molecular weight is 502 g/mol. The van der Waals surface area contributed by atoms with E-state index in [9.17, 15) is 22.9 Å². The Labute approximate surface area is 205 Å². The predicted octanol–water partition coefficient (Wildman–Crippen LogP) is 4.49. The van der Waals surface area contributed by atoms with Crippen molar-refractivity contribution in [3.05, 3.63) is 64.8 Å². The lowest BCUT2D eigenvalue weighted by Crippen LogP contribution is -2.39. The van der Waals surface area contributed by atoms with E-state index < -0.39 is 17.6 Å². The smallest absolute Gasteiger partial charge is 0.416 e. The number of methoxy groups -OCH3 is 1. The molecule has 0 radical (unpaired) electrons. The van der Waals surface area contributed by atoms with E-state index >= 15 is 0 Å². The monoisotopic (exact) mass is 502 g/mol. The fourth-order valence-electron chi connectivity index (χ4n) is 3.98. The van der Waals surface area contributed by atoms with Gasteiger partial charge in [0.2, 0.25) is 0 Å². The maximum absolute atomic E-state index is 13.3. The van der Waals surface area contributed by atoms with Gasteiger partial charge < -0.3 is 15.0 Å². The lowest BCUT2D eigenvalue weighted by molar-refractivity contribution is -0.137. The normalized spacial score (nSPS) is 19.8.